The van der Waals surface area contributed by atoms with Crippen LogP contribution in [-0.2, 0) is 17.8 Å². The number of amides is 1. The summed E-state index contributed by atoms with van der Waals surface area (Å²) in [5.41, 5.74) is 3.15. The summed E-state index contributed by atoms with van der Waals surface area (Å²) in [5, 5.41) is 9.27. The van der Waals surface area contributed by atoms with Crippen LogP contribution in [0.1, 0.15) is 39.9 Å². The van der Waals surface area contributed by atoms with E-state index < -0.39 is 5.97 Å². The number of carboxylic acid groups (broad SMARTS) is 1. The molecule has 0 saturated carbocycles. The minimum absolute atomic E-state index is 0.0857. The van der Waals surface area contributed by atoms with Crippen molar-refractivity contribution in [1.82, 2.24) is 4.90 Å². The van der Waals surface area contributed by atoms with E-state index in [4.69, 9.17) is 0 Å². The Morgan fingerprint density at radius 3 is 2.52 bits per heavy atom. The molecule has 118 valence electrons. The molecule has 0 fully saturated rings. The fourth-order valence-electron chi connectivity index (χ4n) is 3.16. The average molecular weight is 309 g/mol. The summed E-state index contributed by atoms with van der Waals surface area (Å²) in [7, 11) is 0. The number of nitrogens with zero attached hydrogens (tertiary/aromatic N) is 1. The molecule has 0 aromatic heterocycles. The van der Waals surface area contributed by atoms with Crippen LogP contribution in [0.25, 0.3) is 0 Å². The third kappa shape index (κ3) is 2.97. The topological polar surface area (TPSA) is 57.6 Å². The van der Waals surface area contributed by atoms with Crippen LogP contribution in [0.5, 0.6) is 0 Å². The van der Waals surface area contributed by atoms with Crippen molar-refractivity contribution >= 4 is 11.9 Å². The van der Waals surface area contributed by atoms with Crippen LogP contribution in [0, 0.1) is 0 Å². The number of carbonyl (C=O) groups excluding carboxylic acids is 1. The lowest BCUT2D eigenvalue weighted by molar-refractivity contribution is -0.133. The Hall–Kier alpha value is -2.62. The van der Waals surface area contributed by atoms with Crippen molar-refractivity contribution in [2.45, 2.75) is 25.8 Å². The Morgan fingerprint density at radius 2 is 1.83 bits per heavy atom. The van der Waals surface area contributed by atoms with Crippen molar-refractivity contribution in [3.8, 4) is 0 Å². The van der Waals surface area contributed by atoms with Gasteiger partial charge in [0.15, 0.2) is 0 Å². The zero-order valence-electron chi connectivity index (χ0n) is 13.0. The maximum atomic E-state index is 12.7. The second-order valence-corrected chi connectivity index (χ2v) is 5.89. The lowest BCUT2D eigenvalue weighted by Gasteiger charge is -2.31. The highest BCUT2D eigenvalue weighted by Gasteiger charge is 2.27. The van der Waals surface area contributed by atoms with Crippen molar-refractivity contribution in [3.63, 3.8) is 0 Å². The molecule has 0 radical (unpaired) electrons. The molecule has 0 bridgehead atoms. The fourth-order valence-corrected chi connectivity index (χ4v) is 3.16. The zero-order chi connectivity index (χ0) is 16.4. The van der Waals surface area contributed by atoms with E-state index >= 15 is 0 Å². The normalized spacial score (nSPS) is 14.9. The number of hydrogen-bond acceptors (Lipinski definition) is 2. The van der Waals surface area contributed by atoms with Crippen LogP contribution < -0.4 is 0 Å². The van der Waals surface area contributed by atoms with Gasteiger partial charge in [-0.2, -0.15) is 0 Å². The summed E-state index contributed by atoms with van der Waals surface area (Å²) in [4.78, 5) is 25.9. The van der Waals surface area contributed by atoms with Crippen LogP contribution in [0.2, 0.25) is 0 Å². The number of aromatic carboxylic acids is 1. The Bertz CT molecular complexity index is 740. The minimum atomic E-state index is -0.903. The molecular formula is C19H19NO3. The molecule has 1 atom stereocenters. The lowest BCUT2D eigenvalue weighted by atomic mass is 9.93. The molecule has 3 rings (SSSR count). The Labute approximate surface area is 135 Å². The van der Waals surface area contributed by atoms with Gasteiger partial charge >= 0.3 is 5.97 Å². The number of benzene rings is 2. The van der Waals surface area contributed by atoms with Gasteiger partial charge in [-0.05, 0) is 36.1 Å². The number of rotatable bonds is 3. The maximum absolute atomic E-state index is 12.7. The number of hydrogen-bond donors (Lipinski definition) is 1. The third-order valence-corrected chi connectivity index (χ3v) is 4.48. The highest BCUT2D eigenvalue weighted by molar-refractivity contribution is 5.90. The van der Waals surface area contributed by atoms with Crippen molar-refractivity contribution in [2.75, 3.05) is 6.54 Å². The van der Waals surface area contributed by atoms with E-state index in [0.29, 0.717) is 25.1 Å². The van der Waals surface area contributed by atoms with Crippen molar-refractivity contribution in [3.05, 3.63) is 70.8 Å². The molecule has 1 aliphatic heterocycles. The van der Waals surface area contributed by atoms with E-state index in [2.05, 4.69) is 0 Å². The summed E-state index contributed by atoms with van der Waals surface area (Å²) in [5.74, 6) is -1.01. The molecule has 1 amide bonds. The molecule has 23 heavy (non-hydrogen) atoms. The molecule has 0 spiro atoms. The van der Waals surface area contributed by atoms with E-state index in [9.17, 15) is 14.7 Å². The summed E-state index contributed by atoms with van der Waals surface area (Å²) in [6.07, 6.45) is 0.588. The summed E-state index contributed by atoms with van der Waals surface area (Å²) in [6.45, 7) is 2.96. The predicted molar refractivity (Wildman–Crippen MR) is 87.4 cm³/mol. The molecule has 2 aromatic carbocycles. The van der Waals surface area contributed by atoms with Crippen LogP contribution in [0.15, 0.2) is 48.5 Å². The highest BCUT2D eigenvalue weighted by atomic mass is 16.4. The largest absolute Gasteiger partial charge is 0.478 e. The first-order chi connectivity index (χ1) is 11.1. The monoisotopic (exact) mass is 309 g/mol. The molecule has 4 nitrogen and oxygen atoms in total. The quantitative estimate of drug-likeness (QED) is 0.948. The van der Waals surface area contributed by atoms with E-state index in [0.717, 1.165) is 16.7 Å². The molecule has 0 saturated heterocycles. The average Bonchev–Trinajstić information content (AvgIpc) is 2.60. The summed E-state index contributed by atoms with van der Waals surface area (Å²) < 4.78 is 0. The van der Waals surface area contributed by atoms with Crippen LogP contribution in [-0.4, -0.2) is 28.4 Å². The fraction of sp³-hybridized carbons (Fsp3) is 0.263. The molecule has 1 aliphatic rings. The van der Waals surface area contributed by atoms with Gasteiger partial charge in [0, 0.05) is 13.1 Å². The molecule has 1 heterocycles. The van der Waals surface area contributed by atoms with Gasteiger partial charge in [-0.3, -0.25) is 4.79 Å². The van der Waals surface area contributed by atoms with Crippen molar-refractivity contribution < 1.29 is 14.7 Å². The maximum Gasteiger partial charge on any atom is 0.335 e. The highest BCUT2D eigenvalue weighted by Crippen LogP contribution is 2.26. The van der Waals surface area contributed by atoms with Gasteiger partial charge in [0.2, 0.25) is 5.91 Å². The second-order valence-electron chi connectivity index (χ2n) is 5.89. The van der Waals surface area contributed by atoms with Gasteiger partial charge < -0.3 is 10.0 Å². The smallest absolute Gasteiger partial charge is 0.335 e. The molecule has 2 aromatic rings. The van der Waals surface area contributed by atoms with Gasteiger partial charge in [-0.1, -0.05) is 42.5 Å². The van der Waals surface area contributed by atoms with E-state index in [1.165, 1.54) is 0 Å². The minimum Gasteiger partial charge on any atom is -0.478 e. The van der Waals surface area contributed by atoms with Gasteiger partial charge in [0.25, 0.3) is 0 Å². The van der Waals surface area contributed by atoms with E-state index in [-0.39, 0.29) is 11.8 Å². The van der Waals surface area contributed by atoms with Crippen molar-refractivity contribution in [2.24, 2.45) is 0 Å². The molecule has 0 unspecified atom stereocenters. The first kappa shape index (κ1) is 15.3. The third-order valence-electron chi connectivity index (χ3n) is 4.48. The zero-order valence-corrected chi connectivity index (χ0v) is 13.0. The standard InChI is InChI=1S/C19H19NO3/c1-13(14-6-3-2-4-7-14)18(21)20-11-10-16-15(12-20)8-5-9-17(16)19(22)23/h2-9,13H,10-12H2,1H3,(H,22,23)/t13-/m1/s1. The number of carboxylic acids is 1. The van der Waals surface area contributed by atoms with Crippen molar-refractivity contribution in [1.29, 1.82) is 0 Å². The second kappa shape index (κ2) is 6.24. The van der Waals surface area contributed by atoms with Gasteiger partial charge in [-0.25, -0.2) is 4.79 Å². The van der Waals surface area contributed by atoms with Crippen LogP contribution >= 0.6 is 0 Å². The first-order valence-corrected chi connectivity index (χ1v) is 7.75. The van der Waals surface area contributed by atoms with Gasteiger partial charge in [0.05, 0.1) is 11.5 Å². The number of fused-ring (bicyclic) bond motifs is 1. The summed E-state index contributed by atoms with van der Waals surface area (Å²) in [6, 6.07) is 15.0. The molecule has 4 heteroatoms. The van der Waals surface area contributed by atoms with Crippen LogP contribution in [0.3, 0.4) is 0 Å². The van der Waals surface area contributed by atoms with Crippen LogP contribution in [0.4, 0.5) is 0 Å². The Morgan fingerprint density at radius 1 is 1.09 bits per heavy atom. The first-order valence-electron chi connectivity index (χ1n) is 7.75. The van der Waals surface area contributed by atoms with Gasteiger partial charge in [0.1, 0.15) is 0 Å². The number of carbonyl (C=O) groups is 2. The predicted octanol–water partition coefficient (Wildman–Crippen LogP) is 3.07. The van der Waals surface area contributed by atoms with E-state index in [1.807, 2.05) is 48.2 Å². The summed E-state index contributed by atoms with van der Waals surface area (Å²) >= 11 is 0. The molecular weight excluding hydrogens is 290 g/mol. The Balaban J connectivity index is 1.81. The van der Waals surface area contributed by atoms with Gasteiger partial charge in [-0.15, -0.1) is 0 Å². The van der Waals surface area contributed by atoms with E-state index in [1.54, 1.807) is 12.1 Å². The SMILES string of the molecule is C[C@@H](C(=O)N1CCc2c(cccc2C(=O)O)C1)c1ccccc1. The lowest BCUT2D eigenvalue weighted by Crippen LogP contribution is -2.38. The molecule has 1 N–H and O–H groups in total. The molecule has 0 aliphatic carbocycles. The Kier molecular flexibility index (Phi) is 4.15.